The van der Waals surface area contributed by atoms with Crippen molar-refractivity contribution >= 4 is 37.3 Å². The summed E-state index contributed by atoms with van der Waals surface area (Å²) in [5.41, 5.74) is 0. The molecule has 2 rings (SSSR count). The fraction of sp³-hybridized carbons (Fsp3) is 0.636. The predicted octanol–water partition coefficient (Wildman–Crippen LogP) is 2.61. The molecule has 1 N–H and O–H groups in total. The van der Waals surface area contributed by atoms with Crippen molar-refractivity contribution in [3.63, 3.8) is 0 Å². The van der Waals surface area contributed by atoms with Crippen LogP contribution < -0.4 is 4.72 Å². The topological polar surface area (TPSA) is 55.4 Å². The minimum absolute atomic E-state index is 0.341. The van der Waals surface area contributed by atoms with Gasteiger partial charge in [0.05, 0.1) is 3.79 Å². The summed E-state index contributed by atoms with van der Waals surface area (Å²) in [6, 6.07) is 3.33. The standard InChI is InChI=1S/C11H16BrNO3S2/c12-10-4-5-11(17-10)18(14,15)13-6-1-7-16-8-9-2-3-9/h4-5,9,13H,1-3,6-8H2. The van der Waals surface area contributed by atoms with Crippen molar-refractivity contribution < 1.29 is 13.2 Å². The molecular formula is C11H16BrNO3S2. The van der Waals surface area contributed by atoms with Crippen LogP contribution in [0.15, 0.2) is 20.1 Å². The lowest BCUT2D eigenvalue weighted by atomic mass is 10.4. The first kappa shape index (κ1) is 14.5. The molecule has 18 heavy (non-hydrogen) atoms. The largest absolute Gasteiger partial charge is 0.381 e. The van der Waals surface area contributed by atoms with Gasteiger partial charge in [0.2, 0.25) is 10.0 Å². The van der Waals surface area contributed by atoms with Crippen molar-refractivity contribution in [1.82, 2.24) is 4.72 Å². The van der Waals surface area contributed by atoms with Gasteiger partial charge in [-0.15, -0.1) is 11.3 Å². The minimum Gasteiger partial charge on any atom is -0.381 e. The van der Waals surface area contributed by atoms with Gasteiger partial charge in [0, 0.05) is 19.8 Å². The maximum Gasteiger partial charge on any atom is 0.250 e. The molecule has 4 nitrogen and oxygen atoms in total. The van der Waals surface area contributed by atoms with Gasteiger partial charge in [0.25, 0.3) is 0 Å². The lowest BCUT2D eigenvalue weighted by Gasteiger charge is -2.05. The van der Waals surface area contributed by atoms with E-state index in [2.05, 4.69) is 20.7 Å². The second-order valence-corrected chi connectivity index (χ2v) is 8.78. The zero-order valence-corrected chi connectivity index (χ0v) is 13.1. The summed E-state index contributed by atoms with van der Waals surface area (Å²) < 4.78 is 32.8. The van der Waals surface area contributed by atoms with E-state index in [1.807, 2.05) is 0 Å². The van der Waals surface area contributed by atoms with Crippen LogP contribution in [0.1, 0.15) is 19.3 Å². The third-order valence-corrected chi connectivity index (χ3v) is 6.20. The number of ether oxygens (including phenoxy) is 1. The Bertz CT molecular complexity index is 482. The Hall–Kier alpha value is 0.0500. The highest BCUT2D eigenvalue weighted by Crippen LogP contribution is 2.28. The Morgan fingerprint density at radius 2 is 2.22 bits per heavy atom. The first-order valence-corrected chi connectivity index (χ1v) is 9.00. The lowest BCUT2D eigenvalue weighted by molar-refractivity contribution is 0.123. The van der Waals surface area contributed by atoms with Crippen LogP contribution in [0.2, 0.25) is 0 Å². The maximum absolute atomic E-state index is 11.8. The van der Waals surface area contributed by atoms with E-state index in [4.69, 9.17) is 4.74 Å². The molecule has 1 aromatic heterocycles. The summed E-state index contributed by atoms with van der Waals surface area (Å²) in [6.45, 7) is 1.86. The van der Waals surface area contributed by atoms with Gasteiger partial charge in [0.1, 0.15) is 4.21 Å². The first-order valence-electron chi connectivity index (χ1n) is 5.91. The summed E-state index contributed by atoms with van der Waals surface area (Å²) in [5.74, 6) is 0.755. The van der Waals surface area contributed by atoms with Crippen LogP contribution in [0.4, 0.5) is 0 Å². The van der Waals surface area contributed by atoms with Gasteiger partial charge in [-0.3, -0.25) is 0 Å². The van der Waals surface area contributed by atoms with Crippen LogP contribution in [0.25, 0.3) is 0 Å². The lowest BCUT2D eigenvalue weighted by Crippen LogP contribution is -2.24. The summed E-state index contributed by atoms with van der Waals surface area (Å²) in [4.78, 5) is 0. The van der Waals surface area contributed by atoms with Gasteiger partial charge in [-0.25, -0.2) is 13.1 Å². The highest BCUT2D eigenvalue weighted by molar-refractivity contribution is 9.11. The van der Waals surface area contributed by atoms with Gasteiger partial charge >= 0.3 is 0 Å². The average molecular weight is 354 g/mol. The van der Waals surface area contributed by atoms with Crippen molar-refractivity contribution in [1.29, 1.82) is 0 Å². The van der Waals surface area contributed by atoms with Crippen LogP contribution in [0, 0.1) is 5.92 Å². The van der Waals surface area contributed by atoms with Crippen LogP contribution in [-0.4, -0.2) is 28.2 Å². The van der Waals surface area contributed by atoms with E-state index in [-0.39, 0.29) is 0 Å². The molecule has 0 aromatic carbocycles. The number of hydrogen-bond donors (Lipinski definition) is 1. The minimum atomic E-state index is -3.35. The second-order valence-electron chi connectivity index (χ2n) is 4.33. The molecule has 1 saturated carbocycles. The molecule has 1 heterocycles. The molecule has 0 unspecified atom stereocenters. The zero-order valence-electron chi connectivity index (χ0n) is 9.89. The molecular weight excluding hydrogens is 338 g/mol. The molecule has 1 aliphatic rings. The Morgan fingerprint density at radius 3 is 2.83 bits per heavy atom. The van der Waals surface area contributed by atoms with Crippen LogP contribution in [0.3, 0.4) is 0 Å². The number of halogens is 1. The zero-order chi connectivity index (χ0) is 13.0. The average Bonchev–Trinajstić information content (AvgIpc) is 3.03. The Kier molecular flexibility index (Phi) is 5.20. The molecule has 0 atom stereocenters. The van der Waals surface area contributed by atoms with E-state index in [1.165, 1.54) is 24.2 Å². The molecule has 0 amide bonds. The van der Waals surface area contributed by atoms with Crippen LogP contribution in [0.5, 0.6) is 0 Å². The first-order chi connectivity index (χ1) is 8.58. The fourth-order valence-electron chi connectivity index (χ4n) is 1.43. The van der Waals surface area contributed by atoms with Crippen LogP contribution in [-0.2, 0) is 14.8 Å². The van der Waals surface area contributed by atoms with Crippen molar-refractivity contribution in [2.24, 2.45) is 5.92 Å². The predicted molar refractivity (Wildman–Crippen MR) is 75.4 cm³/mol. The summed E-state index contributed by atoms with van der Waals surface area (Å²) in [6.07, 6.45) is 3.26. The van der Waals surface area contributed by atoms with E-state index < -0.39 is 10.0 Å². The highest BCUT2D eigenvalue weighted by Gasteiger charge is 2.21. The van der Waals surface area contributed by atoms with E-state index in [9.17, 15) is 8.42 Å². The van der Waals surface area contributed by atoms with Crippen molar-refractivity contribution in [3.05, 3.63) is 15.9 Å². The number of sulfonamides is 1. The smallest absolute Gasteiger partial charge is 0.250 e. The summed E-state index contributed by atoms with van der Waals surface area (Å²) in [7, 11) is -3.35. The quantitative estimate of drug-likeness (QED) is 0.730. The molecule has 1 aliphatic carbocycles. The Labute approximate surface area is 120 Å². The number of rotatable bonds is 8. The molecule has 1 aromatic rings. The van der Waals surface area contributed by atoms with E-state index >= 15 is 0 Å². The van der Waals surface area contributed by atoms with Crippen molar-refractivity contribution in [2.45, 2.75) is 23.5 Å². The normalized spacial score (nSPS) is 16.1. The molecule has 0 radical (unpaired) electrons. The van der Waals surface area contributed by atoms with E-state index in [1.54, 1.807) is 12.1 Å². The number of nitrogens with one attached hydrogen (secondary N) is 1. The molecule has 0 bridgehead atoms. The summed E-state index contributed by atoms with van der Waals surface area (Å²) in [5, 5.41) is 0. The third kappa shape index (κ3) is 4.62. The van der Waals surface area contributed by atoms with Gasteiger partial charge < -0.3 is 4.74 Å². The van der Waals surface area contributed by atoms with Gasteiger partial charge in [-0.05, 0) is 53.2 Å². The fourth-order valence-corrected chi connectivity index (χ4v) is 4.56. The van der Waals surface area contributed by atoms with Gasteiger partial charge in [0.15, 0.2) is 0 Å². The number of thiophene rings is 1. The molecule has 1 fully saturated rings. The second kappa shape index (κ2) is 6.47. The third-order valence-electron chi connectivity index (χ3n) is 2.62. The van der Waals surface area contributed by atoms with Gasteiger partial charge in [-0.2, -0.15) is 0 Å². The maximum atomic E-state index is 11.8. The SMILES string of the molecule is O=S(=O)(NCCCOCC1CC1)c1ccc(Br)s1. The number of hydrogen-bond acceptors (Lipinski definition) is 4. The Morgan fingerprint density at radius 1 is 1.44 bits per heavy atom. The summed E-state index contributed by atoms with van der Waals surface area (Å²) >= 11 is 4.46. The van der Waals surface area contributed by atoms with Crippen molar-refractivity contribution in [3.8, 4) is 0 Å². The monoisotopic (exact) mass is 353 g/mol. The highest BCUT2D eigenvalue weighted by atomic mass is 79.9. The Balaban J connectivity index is 1.65. The van der Waals surface area contributed by atoms with Crippen LogP contribution >= 0.6 is 27.3 Å². The van der Waals surface area contributed by atoms with Crippen molar-refractivity contribution in [2.75, 3.05) is 19.8 Å². The molecule has 0 saturated heterocycles. The molecule has 0 spiro atoms. The van der Waals surface area contributed by atoms with E-state index in [0.29, 0.717) is 23.8 Å². The van der Waals surface area contributed by atoms with Gasteiger partial charge in [-0.1, -0.05) is 0 Å². The molecule has 0 aliphatic heterocycles. The molecule has 7 heteroatoms. The molecule has 102 valence electrons. The van der Waals surface area contributed by atoms with E-state index in [0.717, 1.165) is 16.3 Å².